The number of halogens is 1. The number of fused-ring (bicyclic) bond motifs is 1. The molecule has 0 bridgehead atoms. The Morgan fingerprint density at radius 2 is 2.03 bits per heavy atom. The van der Waals surface area contributed by atoms with Gasteiger partial charge in [-0.25, -0.2) is 4.98 Å². The van der Waals surface area contributed by atoms with Crippen LogP contribution in [0.1, 0.15) is 37.3 Å². The number of oxazole rings is 1. The molecule has 0 aliphatic rings. The van der Waals surface area contributed by atoms with E-state index in [0.29, 0.717) is 23.2 Å². The summed E-state index contributed by atoms with van der Waals surface area (Å²) in [6.45, 7) is 4.37. The Balaban J connectivity index is 1.43. The summed E-state index contributed by atoms with van der Waals surface area (Å²) in [5.74, 6) is 1.29. The zero-order valence-electron chi connectivity index (χ0n) is 20.2. The first-order valence-electron chi connectivity index (χ1n) is 11.5. The fraction of sp³-hybridized carbons (Fsp3) is 0.179. The Kier molecular flexibility index (Phi) is 8.18. The van der Waals surface area contributed by atoms with Gasteiger partial charge in [-0.2, -0.15) is 0 Å². The molecular weight excluding hydrogens is 538 g/mol. The van der Waals surface area contributed by atoms with Gasteiger partial charge >= 0.3 is 0 Å². The van der Waals surface area contributed by atoms with Gasteiger partial charge in [0.2, 0.25) is 11.8 Å². The van der Waals surface area contributed by atoms with E-state index < -0.39 is 0 Å². The molecule has 8 heteroatoms. The van der Waals surface area contributed by atoms with Gasteiger partial charge in [0.15, 0.2) is 10.7 Å². The summed E-state index contributed by atoms with van der Waals surface area (Å²) in [7, 11) is 1.58. The van der Waals surface area contributed by atoms with E-state index in [0.717, 1.165) is 33.1 Å². The number of thiocarbonyl (C=S) groups is 1. The second-order valence-corrected chi connectivity index (χ2v) is 9.62. The molecule has 1 unspecified atom stereocenters. The number of nitrogens with one attached hydrogen (secondary N) is 2. The number of aromatic nitrogens is 1. The molecular formula is C28H26BrN3O3S. The highest BCUT2D eigenvalue weighted by molar-refractivity contribution is 9.10. The maximum atomic E-state index is 12.4. The number of anilines is 1. The van der Waals surface area contributed by atoms with Crippen molar-refractivity contribution in [2.45, 2.75) is 26.2 Å². The normalized spacial score (nSPS) is 12.0. The topological polar surface area (TPSA) is 76.4 Å². The van der Waals surface area contributed by atoms with Crippen LogP contribution in [0.2, 0.25) is 0 Å². The summed E-state index contributed by atoms with van der Waals surface area (Å²) in [5, 5.41) is 5.88. The predicted octanol–water partition coefficient (Wildman–Crippen LogP) is 7.31. The minimum Gasteiger partial charge on any atom is -0.496 e. The highest BCUT2D eigenvalue weighted by atomic mass is 79.9. The van der Waals surface area contributed by atoms with Crippen molar-refractivity contribution in [1.29, 1.82) is 0 Å². The van der Waals surface area contributed by atoms with Crippen molar-refractivity contribution >= 4 is 62.0 Å². The zero-order valence-corrected chi connectivity index (χ0v) is 22.6. The van der Waals surface area contributed by atoms with Gasteiger partial charge in [-0.1, -0.05) is 41.9 Å². The Labute approximate surface area is 223 Å². The van der Waals surface area contributed by atoms with Gasteiger partial charge in [0.25, 0.3) is 0 Å². The lowest BCUT2D eigenvalue weighted by Crippen LogP contribution is -2.32. The Morgan fingerprint density at radius 1 is 1.19 bits per heavy atom. The van der Waals surface area contributed by atoms with E-state index in [-0.39, 0.29) is 11.0 Å². The van der Waals surface area contributed by atoms with Crippen LogP contribution in [0.3, 0.4) is 0 Å². The predicted molar refractivity (Wildman–Crippen MR) is 152 cm³/mol. The maximum absolute atomic E-state index is 12.4. The zero-order chi connectivity index (χ0) is 25.7. The molecule has 4 rings (SSSR count). The molecule has 0 saturated carbocycles. The van der Waals surface area contributed by atoms with Gasteiger partial charge in [-0.3, -0.25) is 10.1 Å². The molecule has 0 spiro atoms. The van der Waals surface area contributed by atoms with Crippen molar-refractivity contribution in [3.8, 4) is 17.2 Å². The fourth-order valence-corrected chi connectivity index (χ4v) is 4.25. The number of carbonyl (C=O) groups is 1. The van der Waals surface area contributed by atoms with Crippen molar-refractivity contribution in [1.82, 2.24) is 10.3 Å². The number of rotatable bonds is 7. The SMILES string of the molecule is CCC(C)c1ccc2oc(-c3cccc(NC(=S)NC(=O)C=Cc4cc(Br)ccc4OC)c3)nc2c1. The smallest absolute Gasteiger partial charge is 0.250 e. The number of hydrogen-bond donors (Lipinski definition) is 2. The first kappa shape index (κ1) is 25.6. The van der Waals surface area contributed by atoms with Crippen LogP contribution in [0.4, 0.5) is 5.69 Å². The third kappa shape index (κ3) is 6.19. The number of ether oxygens (including phenoxy) is 1. The summed E-state index contributed by atoms with van der Waals surface area (Å²) in [6.07, 6.45) is 4.14. The van der Waals surface area contributed by atoms with Crippen molar-refractivity contribution < 1.29 is 13.9 Å². The molecule has 4 aromatic rings. The Hall–Kier alpha value is -3.49. The molecule has 36 heavy (non-hydrogen) atoms. The van der Waals surface area contributed by atoms with E-state index in [1.165, 1.54) is 11.6 Å². The number of nitrogens with zero attached hydrogens (tertiary/aromatic N) is 1. The highest BCUT2D eigenvalue weighted by Crippen LogP contribution is 2.29. The first-order chi connectivity index (χ1) is 17.4. The number of benzene rings is 3. The van der Waals surface area contributed by atoms with E-state index in [4.69, 9.17) is 21.4 Å². The van der Waals surface area contributed by atoms with Crippen LogP contribution in [0.25, 0.3) is 28.6 Å². The minimum atomic E-state index is -0.359. The van der Waals surface area contributed by atoms with E-state index in [9.17, 15) is 4.79 Å². The molecule has 0 saturated heterocycles. The molecule has 0 aliphatic carbocycles. The van der Waals surface area contributed by atoms with Crippen molar-refractivity contribution in [3.05, 3.63) is 82.3 Å². The molecule has 0 radical (unpaired) electrons. The fourth-order valence-electron chi connectivity index (χ4n) is 3.66. The standard InChI is InChI=1S/C28H26BrN3O3S/c1-4-17(2)18-8-11-25-23(16-18)31-27(35-25)20-6-5-7-22(15-20)30-28(36)32-26(33)13-9-19-14-21(29)10-12-24(19)34-3/h5-17H,4H2,1-3H3,(H2,30,32,33,36). The lowest BCUT2D eigenvalue weighted by atomic mass is 9.98. The summed E-state index contributed by atoms with van der Waals surface area (Å²) in [6, 6.07) is 19.2. The minimum absolute atomic E-state index is 0.179. The van der Waals surface area contributed by atoms with E-state index >= 15 is 0 Å². The lowest BCUT2D eigenvalue weighted by Gasteiger charge is -2.09. The third-order valence-corrected chi connectivity index (χ3v) is 6.50. The van der Waals surface area contributed by atoms with Crippen molar-refractivity contribution in [2.75, 3.05) is 12.4 Å². The number of methoxy groups -OCH3 is 1. The summed E-state index contributed by atoms with van der Waals surface area (Å²) in [5.41, 5.74) is 5.09. The van der Waals surface area contributed by atoms with Gasteiger partial charge < -0.3 is 14.5 Å². The number of carbonyl (C=O) groups excluding carboxylic acids is 1. The second kappa shape index (κ2) is 11.5. The van der Waals surface area contributed by atoms with Crippen LogP contribution in [0.15, 0.2) is 75.6 Å². The molecule has 1 aromatic heterocycles. The second-order valence-electron chi connectivity index (χ2n) is 8.30. The lowest BCUT2D eigenvalue weighted by molar-refractivity contribution is -0.115. The molecule has 184 valence electrons. The van der Waals surface area contributed by atoms with Crippen molar-refractivity contribution in [3.63, 3.8) is 0 Å². The van der Waals surface area contributed by atoms with Gasteiger partial charge in [0, 0.05) is 27.4 Å². The molecule has 0 fully saturated rings. The van der Waals surface area contributed by atoms with Crippen LogP contribution in [-0.4, -0.2) is 23.1 Å². The highest BCUT2D eigenvalue weighted by Gasteiger charge is 2.12. The summed E-state index contributed by atoms with van der Waals surface area (Å²) < 4.78 is 12.2. The van der Waals surface area contributed by atoms with Gasteiger partial charge in [0.05, 0.1) is 7.11 Å². The molecule has 0 aliphatic heterocycles. The largest absolute Gasteiger partial charge is 0.496 e. The number of amides is 1. The van der Waals surface area contributed by atoms with Crippen molar-refractivity contribution in [2.24, 2.45) is 0 Å². The Bertz CT molecular complexity index is 1450. The third-order valence-electron chi connectivity index (χ3n) is 5.80. The van der Waals surface area contributed by atoms with E-state index in [1.807, 2.05) is 48.5 Å². The molecule has 3 aromatic carbocycles. The molecule has 1 atom stereocenters. The quantitative estimate of drug-likeness (QED) is 0.181. The molecule has 1 heterocycles. The maximum Gasteiger partial charge on any atom is 0.250 e. The average molecular weight is 565 g/mol. The Morgan fingerprint density at radius 3 is 2.81 bits per heavy atom. The van der Waals surface area contributed by atoms with Gasteiger partial charge in [0.1, 0.15) is 11.3 Å². The first-order valence-corrected chi connectivity index (χ1v) is 12.7. The molecule has 6 nitrogen and oxygen atoms in total. The van der Waals surface area contributed by atoms with Crippen LogP contribution < -0.4 is 15.4 Å². The van der Waals surface area contributed by atoms with Crippen LogP contribution in [-0.2, 0) is 4.79 Å². The monoisotopic (exact) mass is 563 g/mol. The van der Waals surface area contributed by atoms with Crippen LogP contribution in [0.5, 0.6) is 5.75 Å². The van der Waals surface area contributed by atoms with E-state index in [2.05, 4.69) is 57.5 Å². The summed E-state index contributed by atoms with van der Waals surface area (Å²) in [4.78, 5) is 17.1. The molecule has 2 N–H and O–H groups in total. The average Bonchev–Trinajstić information content (AvgIpc) is 3.31. The number of hydrogen-bond acceptors (Lipinski definition) is 5. The van der Waals surface area contributed by atoms with Crippen LogP contribution >= 0.6 is 28.1 Å². The van der Waals surface area contributed by atoms with Gasteiger partial charge in [-0.05, 0) is 84.7 Å². The summed E-state index contributed by atoms with van der Waals surface area (Å²) >= 11 is 8.75. The molecule has 1 amide bonds. The van der Waals surface area contributed by atoms with Crippen LogP contribution in [0, 0.1) is 0 Å². The van der Waals surface area contributed by atoms with E-state index in [1.54, 1.807) is 13.2 Å². The van der Waals surface area contributed by atoms with Gasteiger partial charge in [-0.15, -0.1) is 0 Å².